The van der Waals surface area contributed by atoms with Crippen LogP contribution in [0.15, 0.2) is 16.1 Å². The molecule has 2 aliphatic rings. The zero-order valence-corrected chi connectivity index (χ0v) is 18.4. The average Bonchev–Trinajstić information content (AvgIpc) is 2.79. The molecule has 1 aromatic rings. The molecule has 1 fully saturated rings. The van der Waals surface area contributed by atoms with E-state index in [4.69, 9.17) is 25.8 Å². The third kappa shape index (κ3) is 4.85. The van der Waals surface area contributed by atoms with Gasteiger partial charge >= 0.3 is 6.18 Å². The molecule has 0 aromatic heterocycles. The second-order valence-electron chi connectivity index (χ2n) is 6.90. The molecule has 2 heterocycles. The van der Waals surface area contributed by atoms with Crippen molar-refractivity contribution in [3.63, 3.8) is 0 Å². The van der Waals surface area contributed by atoms with Gasteiger partial charge in [-0.3, -0.25) is 14.8 Å². The maximum absolute atomic E-state index is 13.2. The fourth-order valence-corrected chi connectivity index (χ4v) is 3.64. The second-order valence-corrected chi connectivity index (χ2v) is 7.27. The van der Waals surface area contributed by atoms with Crippen LogP contribution < -0.4 is 20.1 Å². The molecule has 0 bridgehead atoms. The molecule has 32 heavy (non-hydrogen) atoms. The Kier molecular flexibility index (Phi) is 7.34. The lowest BCUT2D eigenvalue weighted by molar-refractivity contribution is -0.153. The molecule has 1 saturated heterocycles. The van der Waals surface area contributed by atoms with Crippen molar-refractivity contribution in [1.29, 1.82) is 0 Å². The minimum Gasteiger partial charge on any atom is -0.496 e. The molecule has 2 N–H and O–H groups in total. The number of benzene rings is 1. The van der Waals surface area contributed by atoms with Gasteiger partial charge in [0.1, 0.15) is 28.1 Å². The minimum absolute atomic E-state index is 0.0179. The third-order valence-electron chi connectivity index (χ3n) is 5.02. The molecule has 13 heteroatoms. The van der Waals surface area contributed by atoms with Gasteiger partial charge in [0.25, 0.3) is 5.91 Å². The summed E-state index contributed by atoms with van der Waals surface area (Å²) in [5.74, 6) is -2.17. The fraction of sp³-hybridized carbons (Fsp3) is 0.526. The zero-order chi connectivity index (χ0) is 23.5. The van der Waals surface area contributed by atoms with Gasteiger partial charge in [0.2, 0.25) is 5.96 Å². The van der Waals surface area contributed by atoms with E-state index in [2.05, 4.69) is 20.6 Å². The van der Waals surface area contributed by atoms with Gasteiger partial charge in [-0.15, -0.1) is 0 Å². The molecule has 1 atom stereocenters. The predicted molar refractivity (Wildman–Crippen MR) is 113 cm³/mol. The number of hydrogen-bond donors (Lipinski definition) is 2. The molecule has 1 amide bonds. The van der Waals surface area contributed by atoms with Crippen LogP contribution >= 0.6 is 11.6 Å². The number of methoxy groups -OCH3 is 2. The normalized spacial score (nSPS) is 20.5. The number of guanidine groups is 1. The Morgan fingerprint density at radius 3 is 2.59 bits per heavy atom. The van der Waals surface area contributed by atoms with E-state index in [1.54, 1.807) is 4.90 Å². The van der Waals surface area contributed by atoms with E-state index in [-0.39, 0.29) is 45.5 Å². The Morgan fingerprint density at radius 2 is 2.03 bits per heavy atom. The number of halogens is 4. The van der Waals surface area contributed by atoms with E-state index in [9.17, 15) is 18.0 Å². The first-order valence-electron chi connectivity index (χ1n) is 9.64. The first-order valence-corrected chi connectivity index (χ1v) is 10.0. The molecule has 0 spiro atoms. The summed E-state index contributed by atoms with van der Waals surface area (Å²) in [4.78, 5) is 22.3. The number of morpholine rings is 1. The monoisotopic (exact) mass is 477 g/mol. The number of alkyl halides is 3. The van der Waals surface area contributed by atoms with Crippen molar-refractivity contribution in [2.75, 3.05) is 59.4 Å². The smallest absolute Gasteiger partial charge is 0.400 e. The fourth-order valence-electron chi connectivity index (χ4n) is 3.37. The van der Waals surface area contributed by atoms with Crippen LogP contribution in [-0.2, 0) is 4.74 Å². The maximum atomic E-state index is 13.2. The topological polar surface area (TPSA) is 96.8 Å². The largest absolute Gasteiger partial charge is 0.496 e. The van der Waals surface area contributed by atoms with E-state index in [1.165, 1.54) is 27.3 Å². The summed E-state index contributed by atoms with van der Waals surface area (Å²) >= 11 is 6.49. The summed E-state index contributed by atoms with van der Waals surface area (Å²) in [6.07, 6.45) is -4.48. The number of nitrogens with zero attached hydrogens (tertiary/aromatic N) is 3. The van der Waals surface area contributed by atoms with Crippen molar-refractivity contribution in [3.05, 3.63) is 16.7 Å². The van der Waals surface area contributed by atoms with Gasteiger partial charge in [0, 0.05) is 26.2 Å². The van der Waals surface area contributed by atoms with Gasteiger partial charge in [-0.25, -0.2) is 0 Å². The van der Waals surface area contributed by atoms with Crippen LogP contribution in [0.3, 0.4) is 0 Å². The van der Waals surface area contributed by atoms with E-state index in [0.29, 0.717) is 26.3 Å². The van der Waals surface area contributed by atoms with Crippen LogP contribution in [0.2, 0.25) is 5.02 Å². The Labute approximate surface area is 187 Å². The highest BCUT2D eigenvalue weighted by molar-refractivity contribution is 6.36. The van der Waals surface area contributed by atoms with E-state index in [1.807, 2.05) is 0 Å². The first kappa shape index (κ1) is 23.9. The van der Waals surface area contributed by atoms with Crippen molar-refractivity contribution in [2.24, 2.45) is 15.9 Å². The highest BCUT2D eigenvalue weighted by Crippen LogP contribution is 2.42. The molecule has 0 saturated carbocycles. The molecule has 0 radical (unpaired) electrons. The highest BCUT2D eigenvalue weighted by Gasteiger charge is 2.45. The molecular weight excluding hydrogens is 455 g/mol. The lowest BCUT2D eigenvalue weighted by atomic mass is 10.1. The second kappa shape index (κ2) is 9.82. The number of rotatable bonds is 4. The summed E-state index contributed by atoms with van der Waals surface area (Å²) in [5.41, 5.74) is 0.366. The number of carbonyl (C=O) groups is 1. The molecule has 0 aliphatic carbocycles. The number of ether oxygens (including phenoxy) is 3. The average molecular weight is 478 g/mol. The zero-order valence-electron chi connectivity index (χ0n) is 17.7. The Balaban J connectivity index is 1.93. The standard InChI is InChI=1S/C19H23ClF3N5O4/c1-24-16-10(19(21,22)23)9-25-18(27-16)26-11-8-12(30-2)13(15(31-3)14(11)20)17(29)28-4-6-32-7-5-28/h8,10H,4-7,9H2,1-3H3,(H2,24,25,26,27). The molecule has 2 aliphatic heterocycles. The maximum Gasteiger partial charge on any atom is 0.400 e. The predicted octanol–water partition coefficient (Wildman–Crippen LogP) is 2.41. The van der Waals surface area contributed by atoms with Crippen LogP contribution in [0.1, 0.15) is 10.4 Å². The van der Waals surface area contributed by atoms with Crippen LogP contribution in [0.25, 0.3) is 0 Å². The van der Waals surface area contributed by atoms with Gasteiger partial charge in [-0.2, -0.15) is 13.2 Å². The SMILES string of the molecule is CN=C1NC(Nc2cc(OC)c(C(=O)N3CCOCC3)c(OC)c2Cl)=NCC1C(F)(F)F. The summed E-state index contributed by atoms with van der Waals surface area (Å²) in [6, 6.07) is 1.46. The van der Waals surface area contributed by atoms with Crippen LogP contribution in [0, 0.1) is 5.92 Å². The number of anilines is 1. The third-order valence-corrected chi connectivity index (χ3v) is 5.39. The van der Waals surface area contributed by atoms with Crippen molar-refractivity contribution < 1.29 is 32.2 Å². The van der Waals surface area contributed by atoms with Crippen LogP contribution in [0.5, 0.6) is 11.5 Å². The number of aliphatic imine (C=N–C) groups is 2. The van der Waals surface area contributed by atoms with Gasteiger partial charge < -0.3 is 29.7 Å². The number of amidine groups is 1. The van der Waals surface area contributed by atoms with Crippen LogP contribution in [0.4, 0.5) is 18.9 Å². The summed E-state index contributed by atoms with van der Waals surface area (Å²) in [7, 11) is 4.00. The first-order chi connectivity index (χ1) is 15.2. The van der Waals surface area contributed by atoms with Gasteiger partial charge in [-0.05, 0) is 0 Å². The molecule has 176 valence electrons. The number of amides is 1. The quantitative estimate of drug-likeness (QED) is 0.691. The molecular formula is C19H23ClF3N5O4. The van der Waals surface area contributed by atoms with Crippen molar-refractivity contribution in [3.8, 4) is 11.5 Å². The lowest BCUT2D eigenvalue weighted by Crippen LogP contribution is -2.49. The molecule has 1 unspecified atom stereocenters. The Morgan fingerprint density at radius 1 is 1.34 bits per heavy atom. The van der Waals surface area contributed by atoms with E-state index in [0.717, 1.165) is 0 Å². The van der Waals surface area contributed by atoms with Gasteiger partial charge in [-0.1, -0.05) is 11.6 Å². The summed E-state index contributed by atoms with van der Waals surface area (Å²) in [5, 5.41) is 5.42. The molecule has 1 aromatic carbocycles. The van der Waals surface area contributed by atoms with E-state index >= 15 is 0 Å². The van der Waals surface area contributed by atoms with Crippen molar-refractivity contribution >= 4 is 35.0 Å². The van der Waals surface area contributed by atoms with Gasteiger partial charge in [0.05, 0.1) is 39.7 Å². The number of nitrogens with one attached hydrogen (secondary N) is 2. The number of carbonyl (C=O) groups excluding carboxylic acids is 1. The number of hydrogen-bond acceptors (Lipinski definition) is 7. The Bertz CT molecular complexity index is 933. The lowest BCUT2D eigenvalue weighted by Gasteiger charge is -2.29. The van der Waals surface area contributed by atoms with Crippen molar-refractivity contribution in [1.82, 2.24) is 10.2 Å². The molecule has 3 rings (SSSR count). The molecule has 9 nitrogen and oxygen atoms in total. The van der Waals surface area contributed by atoms with E-state index < -0.39 is 18.6 Å². The Hall–Kier alpha value is -2.73. The van der Waals surface area contributed by atoms with Crippen LogP contribution in [-0.4, -0.2) is 82.9 Å². The highest BCUT2D eigenvalue weighted by atomic mass is 35.5. The minimum atomic E-state index is -4.48. The van der Waals surface area contributed by atoms with Gasteiger partial charge in [0.15, 0.2) is 5.75 Å². The summed E-state index contributed by atoms with van der Waals surface area (Å²) < 4.78 is 55.6. The summed E-state index contributed by atoms with van der Waals surface area (Å²) in [6.45, 7) is 1.10. The van der Waals surface area contributed by atoms with Crippen molar-refractivity contribution in [2.45, 2.75) is 6.18 Å².